The van der Waals surface area contributed by atoms with Crippen molar-refractivity contribution in [3.05, 3.63) is 205 Å². The maximum atomic E-state index is 2.47. The molecule has 2 nitrogen and oxygen atoms in total. The van der Waals surface area contributed by atoms with Crippen LogP contribution in [0.15, 0.2) is 194 Å². The molecule has 0 N–H and O–H groups in total. The lowest BCUT2D eigenvalue weighted by atomic mass is 9.82. The van der Waals surface area contributed by atoms with Crippen LogP contribution in [0.4, 0.5) is 17.1 Å². The minimum absolute atomic E-state index is 0.121. The zero-order valence-corrected chi connectivity index (χ0v) is 29.9. The maximum absolute atomic E-state index is 2.47. The summed E-state index contributed by atoms with van der Waals surface area (Å²) >= 11 is 0. The van der Waals surface area contributed by atoms with Crippen molar-refractivity contribution < 1.29 is 0 Å². The van der Waals surface area contributed by atoms with Gasteiger partial charge in [-0.25, -0.2) is 0 Å². The van der Waals surface area contributed by atoms with E-state index in [1.807, 2.05) is 0 Å². The van der Waals surface area contributed by atoms with Crippen LogP contribution in [0, 0.1) is 0 Å². The SMILES string of the molecule is CC1(C)c2ccccc2-c2ccc(N(c3ccccc3)c3ccc4c(c3-c3cccc(-c5ccccc5)c3)c3ccccc3n4-c3ccccc3)cc21. The van der Waals surface area contributed by atoms with E-state index in [9.17, 15) is 0 Å². The van der Waals surface area contributed by atoms with Crippen LogP contribution < -0.4 is 4.90 Å². The van der Waals surface area contributed by atoms with Gasteiger partial charge in [-0.3, -0.25) is 0 Å². The van der Waals surface area contributed by atoms with Gasteiger partial charge >= 0.3 is 0 Å². The summed E-state index contributed by atoms with van der Waals surface area (Å²) in [6, 6.07) is 70.9. The number of nitrogens with zero attached hydrogens (tertiary/aromatic N) is 2. The number of benzene rings is 8. The molecule has 1 aromatic heterocycles. The second-order valence-corrected chi connectivity index (χ2v) is 14.6. The highest BCUT2D eigenvalue weighted by molar-refractivity contribution is 6.19. The van der Waals surface area contributed by atoms with E-state index in [0.29, 0.717) is 0 Å². The van der Waals surface area contributed by atoms with E-state index in [0.717, 1.165) is 22.7 Å². The zero-order chi connectivity index (χ0) is 35.5. The first-order valence-electron chi connectivity index (χ1n) is 18.4. The van der Waals surface area contributed by atoms with Crippen molar-refractivity contribution in [2.24, 2.45) is 0 Å². The van der Waals surface area contributed by atoms with Gasteiger partial charge in [0.25, 0.3) is 0 Å². The molecule has 1 aliphatic carbocycles. The third-order valence-corrected chi connectivity index (χ3v) is 11.2. The molecule has 0 spiro atoms. The monoisotopic (exact) mass is 678 g/mol. The predicted molar refractivity (Wildman–Crippen MR) is 224 cm³/mol. The summed E-state index contributed by atoms with van der Waals surface area (Å²) < 4.78 is 2.42. The molecule has 0 amide bonds. The lowest BCUT2D eigenvalue weighted by Gasteiger charge is -2.30. The Labute approximate surface area is 310 Å². The fourth-order valence-electron chi connectivity index (χ4n) is 8.70. The Morgan fingerprint density at radius 3 is 1.89 bits per heavy atom. The number of para-hydroxylation sites is 3. The summed E-state index contributed by atoms with van der Waals surface area (Å²) in [6.45, 7) is 4.72. The van der Waals surface area contributed by atoms with Crippen molar-refractivity contribution in [3.63, 3.8) is 0 Å². The molecule has 0 radical (unpaired) electrons. The van der Waals surface area contributed by atoms with Crippen molar-refractivity contribution in [1.29, 1.82) is 0 Å². The van der Waals surface area contributed by atoms with E-state index in [-0.39, 0.29) is 5.41 Å². The summed E-state index contributed by atoms with van der Waals surface area (Å²) in [5, 5.41) is 2.47. The molecule has 53 heavy (non-hydrogen) atoms. The van der Waals surface area contributed by atoms with Crippen LogP contribution in [-0.4, -0.2) is 4.57 Å². The molecule has 0 saturated heterocycles. The van der Waals surface area contributed by atoms with Gasteiger partial charge in [-0.2, -0.15) is 0 Å². The van der Waals surface area contributed by atoms with Gasteiger partial charge in [-0.1, -0.05) is 147 Å². The molecule has 0 bridgehead atoms. The highest BCUT2D eigenvalue weighted by Gasteiger charge is 2.36. The predicted octanol–water partition coefficient (Wildman–Crippen LogP) is 13.9. The fourth-order valence-corrected chi connectivity index (χ4v) is 8.70. The quantitative estimate of drug-likeness (QED) is 0.170. The Bertz CT molecular complexity index is 2790. The van der Waals surface area contributed by atoms with Gasteiger partial charge in [0.1, 0.15) is 0 Å². The topological polar surface area (TPSA) is 8.17 Å². The van der Waals surface area contributed by atoms with Gasteiger partial charge in [0, 0.05) is 38.8 Å². The van der Waals surface area contributed by atoms with Crippen LogP contribution in [0.1, 0.15) is 25.0 Å². The zero-order valence-electron chi connectivity index (χ0n) is 29.9. The van der Waals surface area contributed by atoms with Gasteiger partial charge in [-0.05, 0) is 99.6 Å². The lowest BCUT2D eigenvalue weighted by molar-refractivity contribution is 0.660. The number of hydrogen-bond acceptors (Lipinski definition) is 1. The van der Waals surface area contributed by atoms with Crippen LogP contribution in [0.25, 0.3) is 60.9 Å². The van der Waals surface area contributed by atoms with Crippen molar-refractivity contribution in [2.75, 3.05) is 4.90 Å². The molecule has 1 heterocycles. The van der Waals surface area contributed by atoms with E-state index < -0.39 is 0 Å². The highest BCUT2D eigenvalue weighted by Crippen LogP contribution is 2.52. The van der Waals surface area contributed by atoms with Crippen LogP contribution in [0.3, 0.4) is 0 Å². The summed E-state index contributed by atoms with van der Waals surface area (Å²) in [5.41, 5.74) is 17.0. The van der Waals surface area contributed by atoms with Gasteiger partial charge in [0.15, 0.2) is 0 Å². The fraction of sp³-hybridized carbons (Fsp3) is 0.0588. The Balaban J connectivity index is 1.30. The van der Waals surface area contributed by atoms with Crippen molar-refractivity contribution in [3.8, 4) is 39.1 Å². The summed E-state index contributed by atoms with van der Waals surface area (Å²) in [7, 11) is 0. The Kier molecular flexibility index (Phi) is 7.19. The molecule has 0 unspecified atom stereocenters. The largest absolute Gasteiger partial charge is 0.310 e. The molecule has 2 heteroatoms. The van der Waals surface area contributed by atoms with E-state index in [1.54, 1.807) is 0 Å². The molecule has 9 aromatic rings. The molecule has 0 fully saturated rings. The smallest absolute Gasteiger partial charge is 0.0548 e. The number of rotatable bonds is 6. The highest BCUT2D eigenvalue weighted by atomic mass is 15.1. The first-order chi connectivity index (χ1) is 26.1. The summed E-state index contributed by atoms with van der Waals surface area (Å²) in [6.07, 6.45) is 0. The molecule has 0 atom stereocenters. The second-order valence-electron chi connectivity index (χ2n) is 14.6. The van der Waals surface area contributed by atoms with Crippen LogP contribution in [-0.2, 0) is 5.41 Å². The molecule has 10 rings (SSSR count). The lowest BCUT2D eigenvalue weighted by Crippen LogP contribution is -2.17. The summed E-state index contributed by atoms with van der Waals surface area (Å²) in [5.74, 6) is 0. The van der Waals surface area contributed by atoms with Crippen LogP contribution in [0.2, 0.25) is 0 Å². The van der Waals surface area contributed by atoms with Gasteiger partial charge in [0.05, 0.1) is 16.7 Å². The number of fused-ring (bicyclic) bond motifs is 6. The van der Waals surface area contributed by atoms with Crippen LogP contribution >= 0.6 is 0 Å². The minimum Gasteiger partial charge on any atom is -0.310 e. The average molecular weight is 679 g/mol. The van der Waals surface area contributed by atoms with Gasteiger partial charge in [0.2, 0.25) is 0 Å². The van der Waals surface area contributed by atoms with E-state index >= 15 is 0 Å². The van der Waals surface area contributed by atoms with Crippen molar-refractivity contribution >= 4 is 38.9 Å². The Morgan fingerprint density at radius 1 is 0.434 bits per heavy atom. The third-order valence-electron chi connectivity index (χ3n) is 11.2. The standard InChI is InChI=1S/C51H38N2/c1-51(2)44-27-14-12-25-41(44)42-30-29-40(34-45(42)51)52(38-21-8-4-9-22-38)47-31-32-48-50(43-26-13-15-28-46(43)53(48)39-23-10-5-11-24-39)49(47)37-20-16-19-36(33-37)35-17-6-3-7-18-35/h3-34H,1-2H3. The Hall–Kier alpha value is -6.64. The number of hydrogen-bond donors (Lipinski definition) is 0. The molecule has 0 saturated carbocycles. The molecular weight excluding hydrogens is 641 g/mol. The molecule has 8 aromatic carbocycles. The normalized spacial score (nSPS) is 12.9. The second kappa shape index (κ2) is 12.3. The van der Waals surface area contributed by atoms with E-state index in [2.05, 4.69) is 217 Å². The Morgan fingerprint density at radius 2 is 1.08 bits per heavy atom. The first-order valence-corrected chi connectivity index (χ1v) is 18.4. The van der Waals surface area contributed by atoms with Crippen molar-refractivity contribution in [2.45, 2.75) is 19.3 Å². The number of anilines is 3. The van der Waals surface area contributed by atoms with Gasteiger partial charge < -0.3 is 9.47 Å². The maximum Gasteiger partial charge on any atom is 0.0548 e. The third kappa shape index (κ3) is 4.94. The molecule has 1 aliphatic rings. The number of aromatic nitrogens is 1. The van der Waals surface area contributed by atoms with Crippen LogP contribution in [0.5, 0.6) is 0 Å². The van der Waals surface area contributed by atoms with Gasteiger partial charge in [-0.15, -0.1) is 0 Å². The van der Waals surface area contributed by atoms with Crippen molar-refractivity contribution in [1.82, 2.24) is 4.57 Å². The minimum atomic E-state index is -0.121. The molecule has 252 valence electrons. The summed E-state index contributed by atoms with van der Waals surface area (Å²) in [4.78, 5) is 2.47. The molecule has 0 aliphatic heterocycles. The molecular formula is C51H38N2. The van der Waals surface area contributed by atoms with E-state index in [1.165, 1.54) is 66.3 Å². The first kappa shape index (κ1) is 31.1. The van der Waals surface area contributed by atoms with E-state index in [4.69, 9.17) is 0 Å². The average Bonchev–Trinajstić information content (AvgIpc) is 3.67.